The lowest BCUT2D eigenvalue weighted by molar-refractivity contribution is -0.117. The van der Waals surface area contributed by atoms with Crippen LogP contribution in [0.5, 0.6) is 0 Å². The average Bonchev–Trinajstić information content (AvgIpc) is 3.25. The summed E-state index contributed by atoms with van der Waals surface area (Å²) in [6.07, 6.45) is 3.09. The molecule has 0 aromatic heterocycles. The van der Waals surface area contributed by atoms with Gasteiger partial charge in [0, 0.05) is 29.8 Å². The SMILES string of the molecule is C[C@@H]1C[C@@H]1C(=O)Nc1cccc(C(=O)N[C@@H]2CCCN(C)C2)c1. The molecule has 1 saturated carbocycles. The minimum absolute atomic E-state index is 0.0592. The molecule has 0 radical (unpaired) electrons. The van der Waals surface area contributed by atoms with Gasteiger partial charge in [-0.1, -0.05) is 13.0 Å². The molecular weight excluding hydrogens is 290 g/mol. The summed E-state index contributed by atoms with van der Waals surface area (Å²) in [7, 11) is 2.08. The fraction of sp³-hybridized carbons (Fsp3) is 0.556. The Hall–Kier alpha value is -1.88. The van der Waals surface area contributed by atoms with Crippen LogP contribution >= 0.6 is 0 Å². The van der Waals surface area contributed by atoms with Gasteiger partial charge in [0.2, 0.25) is 5.91 Å². The van der Waals surface area contributed by atoms with Crippen molar-refractivity contribution in [2.24, 2.45) is 11.8 Å². The van der Waals surface area contributed by atoms with Crippen molar-refractivity contribution >= 4 is 17.5 Å². The third kappa shape index (κ3) is 4.10. The lowest BCUT2D eigenvalue weighted by Gasteiger charge is -2.30. The Bertz CT molecular complexity index is 602. The molecule has 23 heavy (non-hydrogen) atoms. The van der Waals surface area contributed by atoms with Crippen molar-refractivity contribution in [2.75, 3.05) is 25.5 Å². The predicted molar refractivity (Wildman–Crippen MR) is 90.3 cm³/mol. The van der Waals surface area contributed by atoms with Gasteiger partial charge in [-0.2, -0.15) is 0 Å². The number of rotatable bonds is 4. The van der Waals surface area contributed by atoms with Crippen molar-refractivity contribution in [1.29, 1.82) is 0 Å². The van der Waals surface area contributed by atoms with E-state index in [0.717, 1.165) is 32.4 Å². The maximum absolute atomic E-state index is 12.4. The van der Waals surface area contributed by atoms with Crippen LogP contribution in [0.3, 0.4) is 0 Å². The van der Waals surface area contributed by atoms with Crippen molar-refractivity contribution in [3.05, 3.63) is 29.8 Å². The zero-order valence-electron chi connectivity index (χ0n) is 13.8. The highest BCUT2D eigenvalue weighted by Crippen LogP contribution is 2.38. The van der Waals surface area contributed by atoms with Gasteiger partial charge in [-0.25, -0.2) is 0 Å². The highest BCUT2D eigenvalue weighted by Gasteiger charge is 2.39. The Balaban J connectivity index is 1.59. The van der Waals surface area contributed by atoms with E-state index in [0.29, 0.717) is 17.2 Å². The smallest absolute Gasteiger partial charge is 0.251 e. The van der Waals surface area contributed by atoms with E-state index in [1.54, 1.807) is 12.1 Å². The minimum atomic E-state index is -0.0683. The number of anilines is 1. The highest BCUT2D eigenvalue weighted by atomic mass is 16.2. The summed E-state index contributed by atoms with van der Waals surface area (Å²) in [4.78, 5) is 26.7. The summed E-state index contributed by atoms with van der Waals surface area (Å²) < 4.78 is 0. The molecule has 124 valence electrons. The van der Waals surface area contributed by atoms with Crippen molar-refractivity contribution in [3.8, 4) is 0 Å². The fourth-order valence-electron chi connectivity index (χ4n) is 3.21. The molecule has 1 aromatic carbocycles. The van der Waals surface area contributed by atoms with Gasteiger partial charge in [0.05, 0.1) is 0 Å². The number of piperidine rings is 1. The summed E-state index contributed by atoms with van der Waals surface area (Å²) in [5.41, 5.74) is 1.29. The molecular formula is C18H25N3O2. The quantitative estimate of drug-likeness (QED) is 0.894. The van der Waals surface area contributed by atoms with Gasteiger partial charge in [0.25, 0.3) is 5.91 Å². The highest BCUT2D eigenvalue weighted by molar-refractivity contribution is 5.98. The van der Waals surface area contributed by atoms with Crippen molar-refractivity contribution < 1.29 is 9.59 Å². The van der Waals surface area contributed by atoms with E-state index in [9.17, 15) is 9.59 Å². The van der Waals surface area contributed by atoms with Gasteiger partial charge >= 0.3 is 0 Å². The van der Waals surface area contributed by atoms with Crippen molar-refractivity contribution in [2.45, 2.75) is 32.2 Å². The van der Waals surface area contributed by atoms with Gasteiger partial charge in [0.15, 0.2) is 0 Å². The Kier molecular flexibility index (Phi) is 4.66. The molecule has 2 N–H and O–H groups in total. The number of carbonyl (C=O) groups excluding carboxylic acids is 2. The molecule has 1 heterocycles. The Morgan fingerprint density at radius 3 is 2.78 bits per heavy atom. The number of hydrogen-bond acceptors (Lipinski definition) is 3. The van der Waals surface area contributed by atoms with E-state index in [2.05, 4.69) is 29.5 Å². The molecule has 5 heteroatoms. The molecule has 3 atom stereocenters. The third-order valence-corrected chi connectivity index (χ3v) is 4.80. The molecule has 0 spiro atoms. The summed E-state index contributed by atoms with van der Waals surface area (Å²) in [5, 5.41) is 6.01. The van der Waals surface area contributed by atoms with E-state index in [1.165, 1.54) is 0 Å². The normalized spacial score (nSPS) is 27.3. The standard InChI is InChI=1S/C18H25N3O2/c1-12-9-16(12)18(23)19-14-6-3-5-13(10-14)17(22)20-15-7-4-8-21(2)11-15/h3,5-6,10,12,15-16H,4,7-9,11H2,1-2H3,(H,19,23)(H,20,22)/t12-,15-,16+/m1/s1. The van der Waals surface area contributed by atoms with Gasteiger partial charge < -0.3 is 15.5 Å². The molecule has 3 rings (SSSR count). The van der Waals surface area contributed by atoms with Crippen LogP contribution in [0.1, 0.15) is 36.5 Å². The van der Waals surface area contributed by atoms with Crippen LogP contribution < -0.4 is 10.6 Å². The molecule has 2 fully saturated rings. The maximum Gasteiger partial charge on any atom is 0.251 e. The number of likely N-dealkylation sites (N-methyl/N-ethyl adjacent to an activating group) is 1. The fourth-order valence-corrected chi connectivity index (χ4v) is 3.21. The molecule has 1 saturated heterocycles. The first-order valence-electron chi connectivity index (χ1n) is 8.43. The van der Waals surface area contributed by atoms with Crippen LogP contribution in [0, 0.1) is 11.8 Å². The monoisotopic (exact) mass is 315 g/mol. The van der Waals surface area contributed by atoms with Gasteiger partial charge in [-0.15, -0.1) is 0 Å². The van der Waals surface area contributed by atoms with Gasteiger partial charge in [-0.05, 0) is 57.0 Å². The van der Waals surface area contributed by atoms with E-state index in [-0.39, 0.29) is 23.8 Å². The number of nitrogens with zero attached hydrogens (tertiary/aromatic N) is 1. The van der Waals surface area contributed by atoms with Crippen LogP contribution in [-0.4, -0.2) is 42.9 Å². The van der Waals surface area contributed by atoms with Crippen LogP contribution in [0.4, 0.5) is 5.69 Å². The molecule has 5 nitrogen and oxygen atoms in total. The molecule has 2 amide bonds. The minimum Gasteiger partial charge on any atom is -0.348 e. The van der Waals surface area contributed by atoms with Crippen LogP contribution in [0.25, 0.3) is 0 Å². The average molecular weight is 315 g/mol. The maximum atomic E-state index is 12.4. The number of carbonyl (C=O) groups is 2. The number of benzene rings is 1. The number of amides is 2. The van der Waals surface area contributed by atoms with Gasteiger partial charge in [-0.3, -0.25) is 9.59 Å². The van der Waals surface area contributed by atoms with Crippen molar-refractivity contribution in [1.82, 2.24) is 10.2 Å². The Morgan fingerprint density at radius 2 is 2.09 bits per heavy atom. The van der Waals surface area contributed by atoms with E-state index in [4.69, 9.17) is 0 Å². The second-order valence-electron chi connectivity index (χ2n) is 6.96. The molecule has 2 aliphatic rings. The number of hydrogen-bond donors (Lipinski definition) is 2. The summed E-state index contributed by atoms with van der Waals surface area (Å²) in [6, 6.07) is 7.39. The van der Waals surface area contributed by atoms with Crippen LogP contribution in [-0.2, 0) is 4.79 Å². The van der Waals surface area contributed by atoms with Crippen LogP contribution in [0.2, 0.25) is 0 Å². The summed E-state index contributed by atoms with van der Waals surface area (Å²) in [6.45, 7) is 4.06. The second kappa shape index (κ2) is 6.71. The first-order chi connectivity index (χ1) is 11.0. The molecule has 1 aliphatic carbocycles. The van der Waals surface area contributed by atoms with E-state index >= 15 is 0 Å². The Labute approximate surface area is 137 Å². The topological polar surface area (TPSA) is 61.4 Å². The Morgan fingerprint density at radius 1 is 1.30 bits per heavy atom. The van der Waals surface area contributed by atoms with Gasteiger partial charge in [0.1, 0.15) is 0 Å². The molecule has 0 unspecified atom stereocenters. The molecule has 1 aliphatic heterocycles. The lowest BCUT2D eigenvalue weighted by Crippen LogP contribution is -2.46. The molecule has 1 aromatic rings. The third-order valence-electron chi connectivity index (χ3n) is 4.80. The summed E-state index contributed by atoms with van der Waals surface area (Å²) >= 11 is 0. The zero-order valence-corrected chi connectivity index (χ0v) is 13.8. The van der Waals surface area contributed by atoms with Crippen LogP contribution in [0.15, 0.2) is 24.3 Å². The summed E-state index contributed by atoms with van der Waals surface area (Å²) in [5.74, 6) is 0.597. The first-order valence-corrected chi connectivity index (χ1v) is 8.43. The number of nitrogens with one attached hydrogen (secondary N) is 2. The second-order valence-corrected chi connectivity index (χ2v) is 6.96. The zero-order chi connectivity index (χ0) is 16.4. The predicted octanol–water partition coefficient (Wildman–Crippen LogP) is 2.11. The van der Waals surface area contributed by atoms with E-state index < -0.39 is 0 Å². The molecule has 0 bridgehead atoms. The van der Waals surface area contributed by atoms with Crippen molar-refractivity contribution in [3.63, 3.8) is 0 Å². The largest absolute Gasteiger partial charge is 0.348 e. The van der Waals surface area contributed by atoms with E-state index in [1.807, 2.05) is 12.1 Å². The lowest BCUT2D eigenvalue weighted by atomic mass is 10.1. The first kappa shape index (κ1) is 16.0. The number of likely N-dealkylation sites (tertiary alicyclic amines) is 1.